The van der Waals surface area contributed by atoms with Crippen molar-refractivity contribution in [3.63, 3.8) is 0 Å². The Morgan fingerprint density at radius 1 is 1.40 bits per heavy atom. The van der Waals surface area contributed by atoms with Gasteiger partial charge in [0.25, 0.3) is 0 Å². The third kappa shape index (κ3) is 595. The first-order valence-corrected chi connectivity index (χ1v) is 4.70. The van der Waals surface area contributed by atoms with Crippen molar-refractivity contribution < 1.29 is 53.7 Å². The zero-order chi connectivity index (χ0) is 8.08. The average molecular weight is 214 g/mol. The van der Waals surface area contributed by atoms with Gasteiger partial charge in [0.15, 0.2) is 0 Å². The van der Waals surface area contributed by atoms with Crippen LogP contribution in [-0.4, -0.2) is 25.5 Å². The molecule has 0 aliphatic heterocycles. The third-order valence-electron chi connectivity index (χ3n) is 0. The molecule has 0 spiro atoms. The Hall–Kier alpha value is 0.980. The second kappa shape index (κ2) is 8.08. The molecule has 0 bridgehead atoms. The van der Waals surface area contributed by atoms with E-state index in [1.54, 1.807) is 0 Å². The van der Waals surface area contributed by atoms with E-state index in [4.69, 9.17) is 19.6 Å². The standard InChI is InChI=1S/CH2O3.Na.H2O2S3/c2-1(3)4;;1-5(2,3)4/h(H2,2,3,4);;(H2,1,2,3,4)/q;+1;/p-1. The summed E-state index contributed by atoms with van der Waals surface area (Å²) >= 11 is 7.45. The van der Waals surface area contributed by atoms with Crippen LogP contribution in [0.1, 0.15) is 0 Å². The molecule has 10 heavy (non-hydrogen) atoms. The normalized spacial score (nSPS) is 8.20. The Morgan fingerprint density at radius 3 is 1.40 bits per heavy atom. The van der Waals surface area contributed by atoms with Gasteiger partial charge in [0, 0.05) is 0 Å². The van der Waals surface area contributed by atoms with E-state index in [0.29, 0.717) is 0 Å². The fraction of sp³-hybridized carbons (Fsp3) is 0. The van der Waals surface area contributed by atoms with Crippen LogP contribution in [0.15, 0.2) is 0 Å². The van der Waals surface area contributed by atoms with Gasteiger partial charge in [-0.05, 0) is 22.4 Å². The van der Waals surface area contributed by atoms with Crippen LogP contribution in [0.2, 0.25) is 0 Å². The quantitative estimate of drug-likeness (QED) is 0.367. The van der Waals surface area contributed by atoms with Gasteiger partial charge in [-0.25, -0.2) is 4.79 Å². The monoisotopic (exact) mass is 214 g/mol. The van der Waals surface area contributed by atoms with Crippen LogP contribution >= 0.6 is 0 Å². The maximum absolute atomic E-state index is 9.37. The first-order valence-electron chi connectivity index (χ1n) is 1.33. The molecular weight excluding hydrogens is 211 g/mol. The molecule has 0 aromatic carbocycles. The van der Waals surface area contributed by atoms with Crippen LogP contribution in [0.4, 0.5) is 4.79 Å². The molecule has 0 aliphatic rings. The van der Waals surface area contributed by atoms with E-state index in [2.05, 4.69) is 22.4 Å². The molecule has 0 saturated carbocycles. The molecule has 0 heterocycles. The SMILES string of the molecule is O=C(O)O.[Na+].[O-]S(O)(=S)=S. The van der Waals surface area contributed by atoms with Crippen LogP contribution in [0.25, 0.3) is 0 Å². The number of hydrogen-bond acceptors (Lipinski definition) is 4. The molecule has 0 aliphatic carbocycles. The second-order valence-corrected chi connectivity index (χ2v) is 4.91. The van der Waals surface area contributed by atoms with Crippen LogP contribution in [0.5, 0.6) is 0 Å². The molecule has 0 radical (unpaired) electrons. The molecule has 0 amide bonds. The minimum Gasteiger partial charge on any atom is -0.770 e. The first kappa shape index (κ1) is 17.2. The Labute approximate surface area is 89.2 Å². The van der Waals surface area contributed by atoms with E-state index in [1.165, 1.54) is 0 Å². The van der Waals surface area contributed by atoms with Gasteiger partial charge < -0.3 is 19.3 Å². The van der Waals surface area contributed by atoms with Gasteiger partial charge in [-0.15, -0.1) is 0 Å². The molecule has 0 aromatic rings. The third-order valence-corrected chi connectivity index (χ3v) is 0. The number of hydrogen-bond donors (Lipinski definition) is 3. The van der Waals surface area contributed by atoms with E-state index in [-0.39, 0.29) is 29.6 Å². The summed E-state index contributed by atoms with van der Waals surface area (Å²) in [6, 6.07) is 0. The summed E-state index contributed by atoms with van der Waals surface area (Å²) in [4.78, 5) is 8.56. The van der Waals surface area contributed by atoms with E-state index < -0.39 is 13.9 Å². The Morgan fingerprint density at radius 2 is 1.40 bits per heavy atom. The van der Waals surface area contributed by atoms with Crippen LogP contribution in [0, 0.1) is 0 Å². The summed E-state index contributed by atoms with van der Waals surface area (Å²) in [7, 11) is -3.25. The van der Waals surface area contributed by atoms with Crippen molar-refractivity contribution in [3.8, 4) is 0 Å². The first-order chi connectivity index (χ1) is 3.73. The van der Waals surface area contributed by atoms with Gasteiger partial charge in [-0.1, -0.05) is 7.71 Å². The van der Waals surface area contributed by atoms with E-state index in [1.807, 2.05) is 0 Å². The second-order valence-electron chi connectivity index (χ2n) is 0.710. The molecule has 0 unspecified atom stereocenters. The fourth-order valence-electron chi connectivity index (χ4n) is 0. The van der Waals surface area contributed by atoms with E-state index in [0.717, 1.165) is 0 Å². The van der Waals surface area contributed by atoms with E-state index in [9.17, 15) is 4.55 Å². The molecule has 5 nitrogen and oxygen atoms in total. The van der Waals surface area contributed by atoms with Crippen molar-refractivity contribution in [3.05, 3.63) is 0 Å². The van der Waals surface area contributed by atoms with Gasteiger partial charge in [0.1, 0.15) is 0 Å². The summed E-state index contributed by atoms with van der Waals surface area (Å²) in [6.07, 6.45) is -1.83. The molecular formula is CH3NaO5S3. The maximum Gasteiger partial charge on any atom is 1.00 e. The van der Waals surface area contributed by atoms with Gasteiger partial charge in [-0.3, -0.25) is 0 Å². The van der Waals surface area contributed by atoms with Crippen molar-refractivity contribution in [2.24, 2.45) is 0 Å². The molecule has 0 fully saturated rings. The Kier molecular flexibility index (Phi) is 13.9. The van der Waals surface area contributed by atoms with Crippen molar-refractivity contribution in [2.45, 2.75) is 0 Å². The largest absolute Gasteiger partial charge is 1.00 e. The predicted molar refractivity (Wildman–Crippen MR) is 36.2 cm³/mol. The van der Waals surface area contributed by atoms with Crippen molar-refractivity contribution in [1.29, 1.82) is 0 Å². The Bertz CT molecular complexity index is 159. The summed E-state index contributed by atoms with van der Waals surface area (Å²) in [5.41, 5.74) is 0. The molecule has 3 N–H and O–H groups in total. The van der Waals surface area contributed by atoms with Gasteiger partial charge >= 0.3 is 35.7 Å². The number of carbonyl (C=O) groups is 1. The Balaban J connectivity index is -0.0000000910. The molecule has 0 rings (SSSR count). The van der Waals surface area contributed by atoms with Gasteiger partial charge in [-0.2, -0.15) is 0 Å². The van der Waals surface area contributed by atoms with Crippen LogP contribution < -0.4 is 29.6 Å². The fourth-order valence-corrected chi connectivity index (χ4v) is 0. The van der Waals surface area contributed by atoms with Crippen LogP contribution in [-0.2, 0) is 30.1 Å². The number of carboxylic acid groups (broad SMARTS) is 2. The minimum atomic E-state index is -3.25. The van der Waals surface area contributed by atoms with Crippen molar-refractivity contribution >= 4 is 36.2 Å². The van der Waals surface area contributed by atoms with Crippen LogP contribution in [0.3, 0.4) is 0 Å². The predicted octanol–water partition coefficient (Wildman–Crippen LogP) is -3.11. The summed E-state index contributed by atoms with van der Waals surface area (Å²) in [5, 5.41) is 13.9. The molecule has 56 valence electrons. The maximum atomic E-state index is 9.37. The zero-order valence-electron chi connectivity index (χ0n) is 4.88. The minimum absolute atomic E-state index is 0. The molecule has 0 aromatic heterocycles. The van der Waals surface area contributed by atoms with E-state index >= 15 is 0 Å². The van der Waals surface area contributed by atoms with Crippen molar-refractivity contribution in [2.75, 3.05) is 0 Å². The van der Waals surface area contributed by atoms with Gasteiger partial charge in [0.05, 0.1) is 0 Å². The summed E-state index contributed by atoms with van der Waals surface area (Å²) < 4.78 is 17.1. The average Bonchev–Trinajstić information content (AvgIpc) is 1.19. The summed E-state index contributed by atoms with van der Waals surface area (Å²) in [6.45, 7) is 0. The zero-order valence-corrected chi connectivity index (χ0v) is 9.33. The van der Waals surface area contributed by atoms with Crippen molar-refractivity contribution in [1.82, 2.24) is 0 Å². The smallest absolute Gasteiger partial charge is 0.770 e. The summed E-state index contributed by atoms with van der Waals surface area (Å²) in [5.74, 6) is 0. The molecule has 0 atom stereocenters. The topological polar surface area (TPSA) is 101 Å². The molecule has 9 heteroatoms. The number of rotatable bonds is 0. The van der Waals surface area contributed by atoms with Gasteiger partial charge in [0.2, 0.25) is 0 Å². The molecule has 0 saturated heterocycles.